The summed E-state index contributed by atoms with van der Waals surface area (Å²) in [5.41, 5.74) is -0.104. The lowest BCUT2D eigenvalue weighted by atomic mass is 10.1. The van der Waals surface area contributed by atoms with Crippen LogP contribution in [0.15, 0.2) is 60.7 Å². The summed E-state index contributed by atoms with van der Waals surface area (Å²) in [6.45, 7) is 6.05. The first-order valence-electron chi connectivity index (χ1n) is 9.12. The van der Waals surface area contributed by atoms with Crippen molar-refractivity contribution < 1.29 is 28.2 Å². The fourth-order valence-electron chi connectivity index (χ4n) is 2.83. The number of benzene rings is 2. The van der Waals surface area contributed by atoms with Crippen molar-refractivity contribution in [2.24, 2.45) is 0 Å². The highest BCUT2D eigenvalue weighted by atomic mass is 19.1. The van der Waals surface area contributed by atoms with Gasteiger partial charge in [-0.3, -0.25) is 14.9 Å². The van der Waals surface area contributed by atoms with Gasteiger partial charge in [0.2, 0.25) is 0 Å². The maximum absolute atomic E-state index is 14.1. The van der Waals surface area contributed by atoms with Gasteiger partial charge in [-0.05, 0) is 42.8 Å². The van der Waals surface area contributed by atoms with Crippen LogP contribution in [-0.4, -0.2) is 31.1 Å². The van der Waals surface area contributed by atoms with Crippen LogP contribution in [0.1, 0.15) is 12.5 Å². The van der Waals surface area contributed by atoms with Gasteiger partial charge >= 0.3 is 6.03 Å². The zero-order chi connectivity index (χ0) is 21.7. The van der Waals surface area contributed by atoms with Crippen molar-refractivity contribution in [3.8, 4) is 11.5 Å². The molecule has 30 heavy (non-hydrogen) atoms. The number of barbiturate groups is 1. The third-order valence-corrected chi connectivity index (χ3v) is 4.13. The molecule has 1 fully saturated rings. The van der Waals surface area contributed by atoms with Crippen LogP contribution >= 0.6 is 0 Å². The number of imide groups is 2. The zero-order valence-corrected chi connectivity index (χ0v) is 16.2. The van der Waals surface area contributed by atoms with Crippen LogP contribution < -0.4 is 19.7 Å². The van der Waals surface area contributed by atoms with Gasteiger partial charge in [-0.1, -0.05) is 30.9 Å². The van der Waals surface area contributed by atoms with Crippen LogP contribution in [0.3, 0.4) is 0 Å². The molecule has 0 atom stereocenters. The third kappa shape index (κ3) is 4.22. The molecule has 3 rings (SSSR count). The summed E-state index contributed by atoms with van der Waals surface area (Å²) in [4.78, 5) is 37.9. The molecule has 1 saturated heterocycles. The SMILES string of the molecule is C=CCOc1ccc(/C=C2\C(=O)NC(=O)N(c3ccccc3F)C2=O)cc1OCC. The Morgan fingerprint density at radius 1 is 1.10 bits per heavy atom. The quantitative estimate of drug-likeness (QED) is 0.429. The first-order chi connectivity index (χ1) is 14.5. The second kappa shape index (κ2) is 9.04. The Balaban J connectivity index is 1.99. The van der Waals surface area contributed by atoms with Gasteiger partial charge in [0.1, 0.15) is 18.0 Å². The van der Waals surface area contributed by atoms with Gasteiger partial charge in [0.15, 0.2) is 11.5 Å². The second-order valence-electron chi connectivity index (χ2n) is 6.15. The van der Waals surface area contributed by atoms with Gasteiger partial charge in [-0.2, -0.15) is 0 Å². The van der Waals surface area contributed by atoms with Crippen molar-refractivity contribution >= 4 is 29.6 Å². The minimum absolute atomic E-state index is 0.249. The average Bonchev–Trinajstić information content (AvgIpc) is 2.72. The number of halogens is 1. The molecule has 1 heterocycles. The van der Waals surface area contributed by atoms with Crippen LogP contribution in [0.4, 0.5) is 14.9 Å². The number of anilines is 1. The van der Waals surface area contributed by atoms with Crippen LogP contribution in [0.25, 0.3) is 6.08 Å². The van der Waals surface area contributed by atoms with Crippen LogP contribution in [-0.2, 0) is 9.59 Å². The molecule has 7 nitrogen and oxygen atoms in total. The summed E-state index contributed by atoms with van der Waals surface area (Å²) in [6.07, 6.45) is 2.89. The topological polar surface area (TPSA) is 84.9 Å². The van der Waals surface area contributed by atoms with E-state index >= 15 is 0 Å². The highest BCUT2D eigenvalue weighted by Gasteiger charge is 2.37. The molecule has 0 bridgehead atoms. The molecule has 2 aromatic carbocycles. The van der Waals surface area contributed by atoms with Crippen molar-refractivity contribution in [2.45, 2.75) is 6.92 Å². The highest BCUT2D eigenvalue weighted by Crippen LogP contribution is 2.30. The lowest BCUT2D eigenvalue weighted by Gasteiger charge is -2.26. The largest absolute Gasteiger partial charge is 0.490 e. The van der Waals surface area contributed by atoms with Gasteiger partial charge in [-0.25, -0.2) is 14.1 Å². The molecule has 1 aliphatic heterocycles. The molecule has 154 valence electrons. The molecule has 0 saturated carbocycles. The average molecular weight is 410 g/mol. The zero-order valence-electron chi connectivity index (χ0n) is 16.2. The number of urea groups is 1. The van der Waals surface area contributed by atoms with Crippen molar-refractivity contribution in [1.29, 1.82) is 0 Å². The van der Waals surface area contributed by atoms with Crippen LogP contribution in [0, 0.1) is 5.82 Å². The number of ether oxygens (including phenoxy) is 2. The summed E-state index contributed by atoms with van der Waals surface area (Å²) in [5.74, 6) is -1.68. The summed E-state index contributed by atoms with van der Waals surface area (Å²) in [6, 6.07) is 9.14. The highest BCUT2D eigenvalue weighted by molar-refractivity contribution is 6.39. The maximum atomic E-state index is 14.1. The van der Waals surface area contributed by atoms with Gasteiger partial charge in [0, 0.05) is 0 Å². The number of para-hydroxylation sites is 1. The van der Waals surface area contributed by atoms with E-state index in [0.717, 1.165) is 6.07 Å². The minimum atomic E-state index is -1.02. The number of carbonyl (C=O) groups is 3. The molecule has 4 amide bonds. The van der Waals surface area contributed by atoms with Crippen molar-refractivity contribution in [1.82, 2.24) is 5.32 Å². The number of amides is 4. The van der Waals surface area contributed by atoms with E-state index in [1.807, 2.05) is 0 Å². The molecular weight excluding hydrogens is 391 g/mol. The number of rotatable bonds is 7. The maximum Gasteiger partial charge on any atom is 0.336 e. The van der Waals surface area contributed by atoms with Gasteiger partial charge in [0.05, 0.1) is 12.3 Å². The molecule has 0 radical (unpaired) electrons. The fourth-order valence-corrected chi connectivity index (χ4v) is 2.83. The predicted molar refractivity (Wildman–Crippen MR) is 109 cm³/mol. The molecule has 0 aliphatic carbocycles. The van der Waals surface area contributed by atoms with E-state index in [2.05, 4.69) is 11.9 Å². The van der Waals surface area contributed by atoms with E-state index in [1.165, 1.54) is 24.3 Å². The summed E-state index contributed by atoms with van der Waals surface area (Å²) < 4.78 is 25.2. The van der Waals surface area contributed by atoms with Crippen molar-refractivity contribution in [2.75, 3.05) is 18.1 Å². The van der Waals surface area contributed by atoms with Crippen molar-refractivity contribution in [3.63, 3.8) is 0 Å². The van der Waals surface area contributed by atoms with E-state index in [1.54, 1.807) is 31.2 Å². The first kappa shape index (κ1) is 20.8. The number of hydrogen-bond acceptors (Lipinski definition) is 5. The number of hydrogen-bond donors (Lipinski definition) is 1. The molecule has 1 N–H and O–H groups in total. The smallest absolute Gasteiger partial charge is 0.336 e. The summed E-state index contributed by atoms with van der Waals surface area (Å²) >= 11 is 0. The summed E-state index contributed by atoms with van der Waals surface area (Å²) in [5, 5.41) is 2.06. The van der Waals surface area contributed by atoms with Crippen LogP contribution in [0.5, 0.6) is 11.5 Å². The lowest BCUT2D eigenvalue weighted by molar-refractivity contribution is -0.122. The number of nitrogens with one attached hydrogen (secondary N) is 1. The lowest BCUT2D eigenvalue weighted by Crippen LogP contribution is -2.54. The Bertz CT molecular complexity index is 1050. The van der Waals surface area contributed by atoms with E-state index in [4.69, 9.17) is 9.47 Å². The fraction of sp³-hybridized carbons (Fsp3) is 0.136. The number of carbonyl (C=O) groups excluding carboxylic acids is 3. The standard InChI is InChI=1S/C22H19FN2O5/c1-3-11-30-18-10-9-14(13-19(18)29-4-2)12-15-20(26)24-22(28)25(21(15)27)17-8-6-5-7-16(17)23/h3,5-10,12-13H,1,4,11H2,2H3,(H,24,26,28)/b15-12+. The van der Waals surface area contributed by atoms with Gasteiger partial charge in [0.25, 0.3) is 11.8 Å². The Morgan fingerprint density at radius 2 is 1.87 bits per heavy atom. The van der Waals surface area contributed by atoms with E-state index < -0.39 is 23.7 Å². The minimum Gasteiger partial charge on any atom is -0.490 e. The molecule has 0 aromatic heterocycles. The Morgan fingerprint density at radius 3 is 2.57 bits per heavy atom. The van der Waals surface area contributed by atoms with Gasteiger partial charge < -0.3 is 9.47 Å². The monoisotopic (exact) mass is 410 g/mol. The van der Waals surface area contributed by atoms with E-state index in [9.17, 15) is 18.8 Å². The van der Waals surface area contributed by atoms with Crippen LogP contribution in [0.2, 0.25) is 0 Å². The van der Waals surface area contributed by atoms with E-state index in [0.29, 0.717) is 28.6 Å². The van der Waals surface area contributed by atoms with Crippen molar-refractivity contribution in [3.05, 3.63) is 72.1 Å². The number of nitrogens with zero attached hydrogens (tertiary/aromatic N) is 1. The molecule has 0 unspecified atom stereocenters. The first-order valence-corrected chi connectivity index (χ1v) is 9.12. The molecule has 0 spiro atoms. The molecule has 8 heteroatoms. The predicted octanol–water partition coefficient (Wildman–Crippen LogP) is 3.46. The Kier molecular flexibility index (Phi) is 6.26. The molecule has 1 aliphatic rings. The second-order valence-corrected chi connectivity index (χ2v) is 6.15. The van der Waals surface area contributed by atoms with E-state index in [-0.39, 0.29) is 17.9 Å². The Labute approximate surface area is 172 Å². The normalized spacial score (nSPS) is 15.2. The molecular formula is C22H19FN2O5. The summed E-state index contributed by atoms with van der Waals surface area (Å²) in [7, 11) is 0. The molecule has 2 aromatic rings. The Hall–Kier alpha value is -3.94. The van der Waals surface area contributed by atoms with Gasteiger partial charge in [-0.15, -0.1) is 0 Å². The third-order valence-electron chi connectivity index (χ3n) is 4.13.